The first-order valence-electron chi connectivity index (χ1n) is 17.0. The van der Waals surface area contributed by atoms with Gasteiger partial charge >= 0.3 is 0 Å². The lowest BCUT2D eigenvalue weighted by Crippen LogP contribution is -2.45. The van der Waals surface area contributed by atoms with E-state index in [0.29, 0.717) is 5.92 Å². The van der Waals surface area contributed by atoms with Crippen LogP contribution in [0.5, 0.6) is 0 Å². The number of nitrogens with zero attached hydrogens (tertiary/aromatic N) is 4. The molecule has 1 saturated heterocycles. The minimum absolute atomic E-state index is 0.0542. The number of ether oxygens (including phenoxy) is 1. The number of nitrogens with two attached hydrogens (primary N) is 1. The smallest absolute Gasteiger partial charge is 0.149 e. The molecule has 1 aliphatic rings. The summed E-state index contributed by atoms with van der Waals surface area (Å²) in [5.41, 5.74) is 18.7. The summed E-state index contributed by atoms with van der Waals surface area (Å²) in [5.74, 6) is 0.340. The maximum absolute atomic E-state index is 6.45. The van der Waals surface area contributed by atoms with Crippen molar-refractivity contribution in [2.75, 3.05) is 26.7 Å². The molecule has 3 heterocycles. The summed E-state index contributed by atoms with van der Waals surface area (Å²) in [6.07, 6.45) is 13.7. The number of benzene rings is 1. The minimum Gasteiger partial charge on any atom is -0.361 e. The van der Waals surface area contributed by atoms with Crippen LogP contribution in [0.4, 0.5) is 0 Å². The summed E-state index contributed by atoms with van der Waals surface area (Å²) in [5, 5.41) is 3.59. The number of pyridine rings is 1. The lowest BCUT2D eigenvalue weighted by molar-refractivity contribution is 0.106. The van der Waals surface area contributed by atoms with E-state index in [0.717, 1.165) is 80.1 Å². The zero-order chi connectivity index (χ0) is 33.3. The molecule has 1 aliphatic heterocycles. The minimum atomic E-state index is -0.617. The van der Waals surface area contributed by atoms with E-state index in [1.807, 2.05) is 12.1 Å². The van der Waals surface area contributed by atoms with E-state index in [4.69, 9.17) is 20.4 Å². The van der Waals surface area contributed by atoms with E-state index in [-0.39, 0.29) is 5.41 Å². The van der Waals surface area contributed by atoms with Crippen molar-refractivity contribution in [1.82, 2.24) is 20.0 Å². The number of allylic oxidation sites excluding steroid dienone is 2. The zero-order valence-electron chi connectivity index (χ0n) is 29.1. The van der Waals surface area contributed by atoms with Crippen LogP contribution in [-0.2, 0) is 17.7 Å². The Kier molecular flexibility index (Phi) is 12.7. The third kappa shape index (κ3) is 8.51. The van der Waals surface area contributed by atoms with Crippen molar-refractivity contribution >= 4 is 22.3 Å². The Labute approximate surface area is 277 Å². The second-order valence-electron chi connectivity index (χ2n) is 13.3. The number of hydrogen-bond acceptors (Lipinski definition) is 6. The van der Waals surface area contributed by atoms with Gasteiger partial charge in [0.25, 0.3) is 0 Å². The number of aryl methyl sites for hydroxylation is 1. The Morgan fingerprint density at radius 1 is 1.24 bits per heavy atom. The molecule has 0 saturated carbocycles. The van der Waals surface area contributed by atoms with Crippen molar-refractivity contribution in [2.24, 2.45) is 22.1 Å². The fourth-order valence-electron chi connectivity index (χ4n) is 6.75. The molecule has 4 rings (SSSR count). The van der Waals surface area contributed by atoms with E-state index in [1.165, 1.54) is 35.0 Å². The van der Waals surface area contributed by atoms with Gasteiger partial charge in [0.05, 0.1) is 17.1 Å². The van der Waals surface area contributed by atoms with Gasteiger partial charge in [-0.25, -0.2) is 5.01 Å². The molecule has 3 N–H and O–H groups in total. The molecule has 1 aromatic carbocycles. The standard InChI is InChI=1S/C39H56N6O/c1-9-13-20-39(6,7)26-33-32-25-30(34(11-3)43-28(5)24-29(10-2)27-44-23-15-14-22-42-44)18-19-35(32)45(12-4)37(33)31-17-16-21-41-36(31)38(40)46-8/h9-11,16-19,21,25,29,38,42H,1-2,12-15,20,22-24,26-27,40H2,3-8H3/b34-11-,43-28?. The fraction of sp³-hybridized carbons (Fsp3) is 0.487. The molecule has 0 aliphatic carbocycles. The molecule has 7 heteroatoms. The molecular weight excluding hydrogens is 568 g/mol. The first kappa shape index (κ1) is 35.5. The van der Waals surface area contributed by atoms with E-state index < -0.39 is 6.23 Å². The van der Waals surface area contributed by atoms with Gasteiger partial charge in [0.15, 0.2) is 0 Å². The van der Waals surface area contributed by atoms with Crippen LogP contribution in [0, 0.1) is 11.3 Å². The van der Waals surface area contributed by atoms with Crippen molar-refractivity contribution in [3.63, 3.8) is 0 Å². The number of nitrogens with one attached hydrogen (secondary N) is 1. The van der Waals surface area contributed by atoms with E-state index in [1.54, 1.807) is 13.3 Å². The van der Waals surface area contributed by atoms with Crippen LogP contribution in [0.15, 0.2) is 72.9 Å². The van der Waals surface area contributed by atoms with Gasteiger partial charge in [-0.2, -0.15) is 0 Å². The van der Waals surface area contributed by atoms with Gasteiger partial charge in [0, 0.05) is 67.2 Å². The monoisotopic (exact) mass is 624 g/mol. The maximum atomic E-state index is 6.45. The van der Waals surface area contributed by atoms with Gasteiger partial charge in [0.1, 0.15) is 6.23 Å². The van der Waals surface area contributed by atoms with Gasteiger partial charge in [0.2, 0.25) is 0 Å². The highest BCUT2D eigenvalue weighted by atomic mass is 16.5. The lowest BCUT2D eigenvalue weighted by atomic mass is 9.80. The van der Waals surface area contributed by atoms with Crippen LogP contribution in [0.25, 0.3) is 27.9 Å². The van der Waals surface area contributed by atoms with Gasteiger partial charge in [-0.3, -0.25) is 15.4 Å². The molecule has 2 unspecified atom stereocenters. The van der Waals surface area contributed by atoms with Crippen LogP contribution in [0.2, 0.25) is 0 Å². The molecule has 0 radical (unpaired) electrons. The number of fused-ring (bicyclic) bond motifs is 1. The van der Waals surface area contributed by atoms with E-state index in [9.17, 15) is 0 Å². The summed E-state index contributed by atoms with van der Waals surface area (Å²) in [7, 11) is 1.63. The van der Waals surface area contributed by atoms with Crippen molar-refractivity contribution in [2.45, 2.75) is 85.9 Å². The Morgan fingerprint density at radius 3 is 2.70 bits per heavy atom. The molecule has 0 amide bonds. The highest BCUT2D eigenvalue weighted by Gasteiger charge is 2.28. The highest BCUT2D eigenvalue weighted by molar-refractivity contribution is 5.95. The van der Waals surface area contributed by atoms with Crippen LogP contribution in [0.3, 0.4) is 0 Å². The molecule has 2 atom stereocenters. The molecule has 3 aromatic rings. The molecule has 46 heavy (non-hydrogen) atoms. The summed E-state index contributed by atoms with van der Waals surface area (Å²) in [4.78, 5) is 9.88. The average Bonchev–Trinajstić information content (AvgIpc) is 3.37. The first-order valence-corrected chi connectivity index (χ1v) is 17.0. The molecular formula is C39H56N6O. The SMILES string of the molecule is C=CCCC(C)(C)Cc1c(-c2cccnc2C(N)OC)n(CC)c2ccc(/C(=C/C)N=C(C)CC(C=C)CN3CCCCN3)cc12. The summed E-state index contributed by atoms with van der Waals surface area (Å²) in [6.45, 7) is 23.2. The van der Waals surface area contributed by atoms with Gasteiger partial charge in [-0.05, 0) is 100 Å². The summed E-state index contributed by atoms with van der Waals surface area (Å²) < 4.78 is 7.99. The Bertz CT molecular complexity index is 1540. The zero-order valence-corrected chi connectivity index (χ0v) is 29.1. The molecule has 1 fully saturated rings. The summed E-state index contributed by atoms with van der Waals surface area (Å²) >= 11 is 0. The van der Waals surface area contributed by atoms with E-state index in [2.05, 4.69) is 99.2 Å². The largest absolute Gasteiger partial charge is 0.361 e. The molecule has 7 nitrogen and oxygen atoms in total. The molecule has 2 aromatic heterocycles. The maximum Gasteiger partial charge on any atom is 0.149 e. The van der Waals surface area contributed by atoms with Crippen LogP contribution in [-0.4, -0.2) is 47.0 Å². The van der Waals surface area contributed by atoms with Crippen molar-refractivity contribution in [1.29, 1.82) is 0 Å². The third-order valence-electron chi connectivity index (χ3n) is 9.20. The van der Waals surface area contributed by atoms with Crippen molar-refractivity contribution in [3.05, 3.63) is 84.7 Å². The van der Waals surface area contributed by atoms with Gasteiger partial charge < -0.3 is 15.0 Å². The predicted molar refractivity (Wildman–Crippen MR) is 196 cm³/mol. The number of methoxy groups -OCH3 is 1. The first-order chi connectivity index (χ1) is 22.2. The number of hydrazine groups is 1. The quantitative estimate of drug-likeness (QED) is 0.0949. The average molecular weight is 625 g/mol. The van der Waals surface area contributed by atoms with Crippen LogP contribution in [0.1, 0.15) is 89.8 Å². The number of aromatic nitrogens is 2. The van der Waals surface area contributed by atoms with Crippen LogP contribution < -0.4 is 11.2 Å². The van der Waals surface area contributed by atoms with Crippen molar-refractivity contribution in [3.8, 4) is 11.3 Å². The normalized spacial score (nSPS) is 16.5. The van der Waals surface area contributed by atoms with Gasteiger partial charge in [-0.15, -0.1) is 13.2 Å². The Morgan fingerprint density at radius 2 is 2.04 bits per heavy atom. The predicted octanol–water partition coefficient (Wildman–Crippen LogP) is 8.48. The van der Waals surface area contributed by atoms with Crippen LogP contribution >= 0.6 is 0 Å². The Hall–Kier alpha value is -3.36. The van der Waals surface area contributed by atoms with E-state index >= 15 is 0 Å². The topological polar surface area (TPSA) is 80.7 Å². The second kappa shape index (κ2) is 16.5. The van der Waals surface area contributed by atoms with Gasteiger partial charge in [-0.1, -0.05) is 38.1 Å². The highest BCUT2D eigenvalue weighted by Crippen LogP contribution is 2.42. The molecule has 0 bridgehead atoms. The molecule has 0 spiro atoms. The second-order valence-corrected chi connectivity index (χ2v) is 13.3. The molecule has 248 valence electrons. The Balaban J connectivity index is 1.80. The third-order valence-corrected chi connectivity index (χ3v) is 9.20. The fourth-order valence-corrected chi connectivity index (χ4v) is 6.75. The summed E-state index contributed by atoms with van der Waals surface area (Å²) in [6, 6.07) is 10.9. The number of hydrogen-bond donors (Lipinski definition) is 2. The lowest BCUT2D eigenvalue weighted by Gasteiger charge is -2.30. The van der Waals surface area contributed by atoms with Crippen molar-refractivity contribution < 1.29 is 4.74 Å². The number of aliphatic imine (C=N–C) groups is 1. The number of rotatable bonds is 16.